The van der Waals surface area contributed by atoms with E-state index in [4.69, 9.17) is 0 Å². The van der Waals surface area contributed by atoms with Gasteiger partial charge in [0.2, 0.25) is 0 Å². The van der Waals surface area contributed by atoms with Gasteiger partial charge < -0.3 is 5.32 Å². The molecular weight excluding hydrogens is 172 g/mol. The van der Waals surface area contributed by atoms with Crippen LogP contribution in [0.1, 0.15) is 34.1 Å². The zero-order chi connectivity index (χ0) is 10.4. The molecule has 2 aliphatic rings. The number of nitrogens with zero attached hydrogens (tertiary/aromatic N) is 1. The monoisotopic (exact) mass is 196 g/mol. The van der Waals surface area contributed by atoms with Crippen LogP contribution in [0.3, 0.4) is 0 Å². The molecule has 0 aromatic carbocycles. The van der Waals surface area contributed by atoms with Crippen LogP contribution < -0.4 is 5.32 Å². The highest BCUT2D eigenvalue weighted by Gasteiger charge is 2.50. The van der Waals surface area contributed by atoms with Gasteiger partial charge in [0.05, 0.1) is 0 Å². The van der Waals surface area contributed by atoms with Crippen LogP contribution in [0.5, 0.6) is 0 Å². The Morgan fingerprint density at radius 3 is 2.43 bits per heavy atom. The molecule has 0 amide bonds. The highest BCUT2D eigenvalue weighted by Crippen LogP contribution is 2.45. The largest absolute Gasteiger partial charge is 0.316 e. The van der Waals surface area contributed by atoms with Crippen molar-refractivity contribution in [2.45, 2.75) is 39.7 Å². The summed E-state index contributed by atoms with van der Waals surface area (Å²) in [5, 5.41) is 3.49. The Bertz CT molecular complexity index is 211. The maximum Gasteiger partial charge on any atom is 0.0125 e. The topological polar surface area (TPSA) is 15.3 Å². The zero-order valence-corrected chi connectivity index (χ0v) is 10.1. The van der Waals surface area contributed by atoms with E-state index in [0.29, 0.717) is 11.0 Å². The Morgan fingerprint density at radius 1 is 1.29 bits per heavy atom. The highest BCUT2D eigenvalue weighted by atomic mass is 15.3. The van der Waals surface area contributed by atoms with Crippen molar-refractivity contribution >= 4 is 0 Å². The van der Waals surface area contributed by atoms with Gasteiger partial charge in [-0.1, -0.05) is 6.92 Å². The molecule has 0 bridgehead atoms. The molecule has 2 aliphatic heterocycles. The van der Waals surface area contributed by atoms with Crippen molar-refractivity contribution < 1.29 is 0 Å². The van der Waals surface area contributed by atoms with Crippen molar-refractivity contribution in [1.29, 1.82) is 0 Å². The Labute approximate surface area is 88.1 Å². The number of nitrogens with one attached hydrogen (secondary N) is 1. The summed E-state index contributed by atoms with van der Waals surface area (Å²) < 4.78 is 0. The van der Waals surface area contributed by atoms with Crippen LogP contribution in [-0.4, -0.2) is 36.6 Å². The highest BCUT2D eigenvalue weighted by molar-refractivity contribution is 5.04. The van der Waals surface area contributed by atoms with Crippen molar-refractivity contribution in [3.8, 4) is 0 Å². The van der Waals surface area contributed by atoms with Crippen molar-refractivity contribution in [3.05, 3.63) is 0 Å². The summed E-state index contributed by atoms with van der Waals surface area (Å²) in [5.74, 6) is 0.856. The van der Waals surface area contributed by atoms with E-state index in [1.54, 1.807) is 0 Å². The Morgan fingerprint density at radius 2 is 1.93 bits per heavy atom. The second-order valence-electron chi connectivity index (χ2n) is 6.24. The Balaban J connectivity index is 1.96. The minimum absolute atomic E-state index is 0.371. The summed E-state index contributed by atoms with van der Waals surface area (Å²) in [6.45, 7) is 14.5. The summed E-state index contributed by atoms with van der Waals surface area (Å²) >= 11 is 0. The summed E-state index contributed by atoms with van der Waals surface area (Å²) in [6, 6.07) is 0. The van der Waals surface area contributed by atoms with Crippen LogP contribution in [0.4, 0.5) is 0 Å². The number of piperidine rings is 1. The maximum absolute atomic E-state index is 3.49. The van der Waals surface area contributed by atoms with Gasteiger partial charge >= 0.3 is 0 Å². The summed E-state index contributed by atoms with van der Waals surface area (Å²) in [4.78, 5) is 2.62. The normalized spacial score (nSPS) is 33.0. The molecule has 1 atom stereocenters. The van der Waals surface area contributed by atoms with E-state index in [2.05, 4.69) is 37.9 Å². The first kappa shape index (κ1) is 10.4. The fraction of sp³-hybridized carbons (Fsp3) is 1.00. The SMILES string of the molecule is CC1CNCCC12CN(C(C)(C)C)C2. The van der Waals surface area contributed by atoms with Gasteiger partial charge in [0, 0.05) is 24.0 Å². The van der Waals surface area contributed by atoms with E-state index in [1.165, 1.54) is 32.6 Å². The molecular formula is C12H24N2. The van der Waals surface area contributed by atoms with Crippen molar-refractivity contribution in [2.24, 2.45) is 11.3 Å². The molecule has 2 fully saturated rings. The predicted molar refractivity (Wildman–Crippen MR) is 60.4 cm³/mol. The molecule has 2 nitrogen and oxygen atoms in total. The third kappa shape index (κ3) is 1.59. The number of hydrogen-bond donors (Lipinski definition) is 1. The van der Waals surface area contributed by atoms with Crippen LogP contribution >= 0.6 is 0 Å². The molecule has 0 radical (unpaired) electrons. The average Bonchev–Trinajstić information content (AvgIpc) is 1.99. The summed E-state index contributed by atoms with van der Waals surface area (Å²) in [7, 11) is 0. The summed E-state index contributed by atoms with van der Waals surface area (Å²) in [6.07, 6.45) is 1.38. The third-order valence-electron chi connectivity index (χ3n) is 4.26. The molecule has 2 saturated heterocycles. The number of likely N-dealkylation sites (tertiary alicyclic amines) is 1. The van der Waals surface area contributed by atoms with E-state index in [1.807, 2.05) is 0 Å². The summed E-state index contributed by atoms with van der Waals surface area (Å²) in [5.41, 5.74) is 1.02. The minimum atomic E-state index is 0.371. The van der Waals surface area contributed by atoms with E-state index >= 15 is 0 Å². The molecule has 0 aliphatic carbocycles. The second kappa shape index (κ2) is 3.21. The quantitative estimate of drug-likeness (QED) is 0.634. The second-order valence-corrected chi connectivity index (χ2v) is 6.24. The minimum Gasteiger partial charge on any atom is -0.316 e. The van der Waals surface area contributed by atoms with Crippen molar-refractivity contribution in [3.63, 3.8) is 0 Å². The van der Waals surface area contributed by atoms with Gasteiger partial charge in [-0.2, -0.15) is 0 Å². The van der Waals surface area contributed by atoms with Crippen LogP contribution in [-0.2, 0) is 0 Å². The lowest BCUT2D eigenvalue weighted by Gasteiger charge is -2.60. The molecule has 2 rings (SSSR count). The van der Waals surface area contributed by atoms with Gasteiger partial charge in [-0.3, -0.25) is 4.90 Å². The van der Waals surface area contributed by atoms with Gasteiger partial charge in [0.25, 0.3) is 0 Å². The molecule has 82 valence electrons. The first-order chi connectivity index (χ1) is 6.44. The lowest BCUT2D eigenvalue weighted by molar-refractivity contribution is -0.102. The number of hydrogen-bond acceptors (Lipinski definition) is 2. The Hall–Kier alpha value is -0.0800. The van der Waals surface area contributed by atoms with Crippen LogP contribution in [0.25, 0.3) is 0 Å². The predicted octanol–water partition coefficient (Wildman–Crippen LogP) is 1.72. The van der Waals surface area contributed by atoms with Gasteiger partial charge in [0.15, 0.2) is 0 Å². The van der Waals surface area contributed by atoms with E-state index in [9.17, 15) is 0 Å². The molecule has 1 unspecified atom stereocenters. The zero-order valence-electron chi connectivity index (χ0n) is 10.1. The molecule has 1 spiro atoms. The first-order valence-electron chi connectivity index (χ1n) is 5.90. The molecule has 0 saturated carbocycles. The average molecular weight is 196 g/mol. The van der Waals surface area contributed by atoms with E-state index < -0.39 is 0 Å². The third-order valence-corrected chi connectivity index (χ3v) is 4.26. The van der Waals surface area contributed by atoms with Gasteiger partial charge in [-0.15, -0.1) is 0 Å². The van der Waals surface area contributed by atoms with Gasteiger partial charge in [-0.25, -0.2) is 0 Å². The van der Waals surface area contributed by atoms with Gasteiger partial charge in [0.1, 0.15) is 0 Å². The lowest BCUT2D eigenvalue weighted by Crippen LogP contribution is -2.67. The molecule has 1 N–H and O–H groups in total. The molecule has 2 heteroatoms. The lowest BCUT2D eigenvalue weighted by atomic mass is 9.65. The fourth-order valence-corrected chi connectivity index (χ4v) is 2.78. The molecule has 2 heterocycles. The van der Waals surface area contributed by atoms with Crippen molar-refractivity contribution in [2.75, 3.05) is 26.2 Å². The fourth-order valence-electron chi connectivity index (χ4n) is 2.78. The van der Waals surface area contributed by atoms with Crippen molar-refractivity contribution in [1.82, 2.24) is 10.2 Å². The van der Waals surface area contributed by atoms with Crippen LogP contribution in [0, 0.1) is 11.3 Å². The van der Waals surface area contributed by atoms with E-state index in [0.717, 1.165) is 5.92 Å². The molecule has 14 heavy (non-hydrogen) atoms. The van der Waals surface area contributed by atoms with Gasteiger partial charge in [-0.05, 0) is 46.2 Å². The first-order valence-corrected chi connectivity index (χ1v) is 5.90. The van der Waals surface area contributed by atoms with Crippen LogP contribution in [0.2, 0.25) is 0 Å². The standard InChI is InChI=1S/C12H24N2/c1-10-7-13-6-5-12(10)8-14(9-12)11(2,3)4/h10,13H,5-9H2,1-4H3. The maximum atomic E-state index is 3.49. The molecule has 0 aromatic heterocycles. The molecule has 0 aromatic rings. The van der Waals surface area contributed by atoms with Crippen LogP contribution in [0.15, 0.2) is 0 Å². The smallest absolute Gasteiger partial charge is 0.0125 e. The number of rotatable bonds is 0. The Kier molecular flexibility index (Phi) is 2.39. The van der Waals surface area contributed by atoms with E-state index in [-0.39, 0.29) is 0 Å².